The van der Waals surface area contributed by atoms with E-state index in [2.05, 4.69) is 15.3 Å². The molecule has 0 aliphatic rings. The van der Waals surface area contributed by atoms with Gasteiger partial charge in [0.15, 0.2) is 11.1 Å². The van der Waals surface area contributed by atoms with E-state index >= 15 is 0 Å². The van der Waals surface area contributed by atoms with Gasteiger partial charge < -0.3 is 10.1 Å². The molecule has 7 heteroatoms. The molecule has 0 aliphatic carbocycles. The first-order valence-corrected chi connectivity index (χ1v) is 8.67. The molecule has 1 aromatic heterocycles. The van der Waals surface area contributed by atoms with Crippen LogP contribution in [0, 0.1) is 11.3 Å². The Balaban J connectivity index is 1.83. The number of nitriles is 1. The molecule has 0 aliphatic heterocycles. The third-order valence-electron chi connectivity index (χ3n) is 4.19. The average Bonchev–Trinajstić information content (AvgIpc) is 2.69. The van der Waals surface area contributed by atoms with Crippen LogP contribution in [0.25, 0.3) is 11.0 Å². The number of carbonyl (C=O) groups is 1. The van der Waals surface area contributed by atoms with E-state index in [0.29, 0.717) is 11.0 Å². The third kappa shape index (κ3) is 3.99. The van der Waals surface area contributed by atoms with Crippen molar-refractivity contribution in [3.8, 4) is 11.8 Å². The van der Waals surface area contributed by atoms with E-state index in [1.807, 2.05) is 49.4 Å². The molecule has 3 rings (SSSR count). The second kappa shape index (κ2) is 8.02. The molecular weight excluding hydrogens is 364 g/mol. The zero-order valence-corrected chi connectivity index (χ0v) is 15.6. The van der Waals surface area contributed by atoms with Crippen LogP contribution in [0.1, 0.15) is 30.1 Å². The maximum absolute atomic E-state index is 12.7. The summed E-state index contributed by atoms with van der Waals surface area (Å²) in [4.78, 5) is 21.3. The fraction of sp³-hybridized carbons (Fsp3) is 0.200. The molecule has 2 aromatic carbocycles. The van der Waals surface area contributed by atoms with Crippen molar-refractivity contribution >= 4 is 28.5 Å². The number of nitrogens with one attached hydrogen (secondary N) is 1. The lowest BCUT2D eigenvalue weighted by Crippen LogP contribution is -2.31. The van der Waals surface area contributed by atoms with Crippen LogP contribution in [0.4, 0.5) is 0 Å². The number of hydrogen-bond donors (Lipinski definition) is 1. The van der Waals surface area contributed by atoms with Gasteiger partial charge >= 0.3 is 0 Å². The molecule has 0 spiro atoms. The van der Waals surface area contributed by atoms with E-state index in [4.69, 9.17) is 16.3 Å². The summed E-state index contributed by atoms with van der Waals surface area (Å²) in [7, 11) is 1.59. The Labute approximate surface area is 161 Å². The number of methoxy groups -OCH3 is 1. The summed E-state index contributed by atoms with van der Waals surface area (Å²) in [5.41, 5.74) is 2.22. The van der Waals surface area contributed by atoms with Crippen LogP contribution < -0.4 is 10.1 Å². The highest BCUT2D eigenvalue weighted by Gasteiger charge is 2.27. The first-order chi connectivity index (χ1) is 13.0. The molecule has 0 fully saturated rings. The maximum atomic E-state index is 12.7. The number of nitrogens with zero attached hydrogens (tertiary/aromatic N) is 3. The van der Waals surface area contributed by atoms with Gasteiger partial charge in [-0.1, -0.05) is 35.9 Å². The Morgan fingerprint density at radius 1 is 1.15 bits per heavy atom. The number of hydrogen-bond acceptors (Lipinski definition) is 5. The quantitative estimate of drug-likeness (QED) is 0.727. The van der Waals surface area contributed by atoms with Crippen LogP contribution in [0.5, 0.6) is 5.75 Å². The average molecular weight is 381 g/mol. The number of ether oxygens (including phenoxy) is 1. The lowest BCUT2D eigenvalue weighted by atomic mass is 10.0. The van der Waals surface area contributed by atoms with Gasteiger partial charge in [0.1, 0.15) is 11.4 Å². The summed E-state index contributed by atoms with van der Waals surface area (Å²) in [6, 6.07) is 16.2. The van der Waals surface area contributed by atoms with Crippen molar-refractivity contribution in [2.24, 2.45) is 0 Å². The molecule has 2 atom stereocenters. The van der Waals surface area contributed by atoms with E-state index in [1.54, 1.807) is 19.2 Å². The van der Waals surface area contributed by atoms with Gasteiger partial charge in [0.25, 0.3) is 0 Å². The number of benzene rings is 2. The number of para-hydroxylation sites is 2. The zero-order chi connectivity index (χ0) is 19.4. The number of carbonyl (C=O) groups excluding carboxylic acids is 1. The lowest BCUT2D eigenvalue weighted by Gasteiger charge is -2.17. The molecule has 1 heterocycles. The predicted molar refractivity (Wildman–Crippen MR) is 102 cm³/mol. The topological polar surface area (TPSA) is 87.9 Å². The minimum absolute atomic E-state index is 0.0486. The summed E-state index contributed by atoms with van der Waals surface area (Å²) in [5, 5.41) is 12.4. The summed E-state index contributed by atoms with van der Waals surface area (Å²) in [5.74, 6) is -0.909. The second-order valence-corrected chi connectivity index (χ2v) is 6.31. The summed E-state index contributed by atoms with van der Waals surface area (Å²) < 4.78 is 5.13. The van der Waals surface area contributed by atoms with Gasteiger partial charge in [0.05, 0.1) is 30.3 Å². The van der Waals surface area contributed by atoms with Crippen molar-refractivity contribution < 1.29 is 9.53 Å². The summed E-state index contributed by atoms with van der Waals surface area (Å²) in [6.45, 7) is 1.84. The van der Waals surface area contributed by atoms with Crippen molar-refractivity contribution in [2.75, 3.05) is 7.11 Å². The van der Waals surface area contributed by atoms with E-state index in [-0.39, 0.29) is 16.9 Å². The second-order valence-electron chi connectivity index (χ2n) is 5.95. The predicted octanol–water partition coefficient (Wildman–Crippen LogP) is 3.78. The molecule has 0 bridgehead atoms. The Kier molecular flexibility index (Phi) is 5.53. The molecule has 1 unspecified atom stereocenters. The highest BCUT2D eigenvalue weighted by molar-refractivity contribution is 6.30. The number of amides is 1. The summed E-state index contributed by atoms with van der Waals surface area (Å²) >= 11 is 6.19. The Hall–Kier alpha value is -3.17. The van der Waals surface area contributed by atoms with Gasteiger partial charge in [0.2, 0.25) is 5.91 Å². The van der Waals surface area contributed by atoms with Crippen molar-refractivity contribution in [1.82, 2.24) is 15.3 Å². The van der Waals surface area contributed by atoms with Crippen LogP contribution in [-0.2, 0) is 4.79 Å². The zero-order valence-electron chi connectivity index (χ0n) is 14.8. The summed E-state index contributed by atoms with van der Waals surface area (Å²) in [6.07, 6.45) is 0. The van der Waals surface area contributed by atoms with E-state index in [9.17, 15) is 10.1 Å². The molecule has 136 valence electrons. The normalized spacial score (nSPS) is 12.8. The van der Waals surface area contributed by atoms with Crippen LogP contribution in [0.2, 0.25) is 5.15 Å². The van der Waals surface area contributed by atoms with Crippen LogP contribution >= 0.6 is 11.6 Å². The first-order valence-electron chi connectivity index (χ1n) is 8.29. The van der Waals surface area contributed by atoms with Crippen molar-refractivity contribution in [1.29, 1.82) is 5.26 Å². The van der Waals surface area contributed by atoms with Crippen molar-refractivity contribution in [3.63, 3.8) is 0 Å². The standard InChI is InChI=1S/C20H17ClN4O2/c1-12(13-7-9-14(27-2)10-8-13)23-20(26)15(11-22)18-19(21)25-17-6-4-3-5-16(17)24-18/h3-10,12,15H,1-2H3,(H,23,26)/t12-,15?/m1/s1. The van der Waals surface area contributed by atoms with Crippen molar-refractivity contribution in [2.45, 2.75) is 18.9 Å². The Morgan fingerprint density at radius 3 is 2.37 bits per heavy atom. The third-order valence-corrected chi connectivity index (χ3v) is 4.47. The van der Waals surface area contributed by atoms with Gasteiger partial charge in [-0.2, -0.15) is 5.26 Å². The van der Waals surface area contributed by atoms with Gasteiger partial charge in [0, 0.05) is 0 Å². The molecule has 1 amide bonds. The minimum Gasteiger partial charge on any atom is -0.497 e. The van der Waals surface area contributed by atoms with E-state index in [1.165, 1.54) is 0 Å². The fourth-order valence-electron chi connectivity index (χ4n) is 2.69. The van der Waals surface area contributed by atoms with Crippen LogP contribution in [-0.4, -0.2) is 23.0 Å². The van der Waals surface area contributed by atoms with Gasteiger partial charge in [-0.3, -0.25) is 4.79 Å². The number of aromatic nitrogens is 2. The molecule has 6 nitrogen and oxygen atoms in total. The molecule has 0 radical (unpaired) electrons. The fourth-order valence-corrected chi connectivity index (χ4v) is 2.93. The first kappa shape index (κ1) is 18.6. The van der Waals surface area contributed by atoms with Gasteiger partial charge in [-0.05, 0) is 36.8 Å². The highest BCUT2D eigenvalue weighted by atomic mass is 35.5. The number of halogens is 1. The van der Waals surface area contributed by atoms with Gasteiger partial charge in [-0.25, -0.2) is 9.97 Å². The van der Waals surface area contributed by atoms with Gasteiger partial charge in [-0.15, -0.1) is 0 Å². The largest absolute Gasteiger partial charge is 0.497 e. The van der Waals surface area contributed by atoms with E-state index < -0.39 is 11.8 Å². The van der Waals surface area contributed by atoms with Crippen LogP contribution in [0.3, 0.4) is 0 Å². The molecule has 1 N–H and O–H groups in total. The maximum Gasteiger partial charge on any atom is 0.244 e. The number of fused-ring (bicyclic) bond motifs is 1. The van der Waals surface area contributed by atoms with E-state index in [0.717, 1.165) is 11.3 Å². The highest BCUT2D eigenvalue weighted by Crippen LogP contribution is 2.25. The Morgan fingerprint density at radius 2 is 1.78 bits per heavy atom. The smallest absolute Gasteiger partial charge is 0.244 e. The lowest BCUT2D eigenvalue weighted by molar-refractivity contribution is -0.122. The number of rotatable bonds is 5. The SMILES string of the molecule is COc1ccc([C@@H](C)NC(=O)C(C#N)c2nc3ccccc3nc2Cl)cc1. The monoisotopic (exact) mass is 380 g/mol. The molecule has 3 aromatic rings. The molecule has 0 saturated heterocycles. The van der Waals surface area contributed by atoms with Crippen molar-refractivity contribution in [3.05, 3.63) is 64.9 Å². The minimum atomic E-state index is -1.16. The molecule has 27 heavy (non-hydrogen) atoms. The molecular formula is C20H17ClN4O2. The van der Waals surface area contributed by atoms with Crippen LogP contribution in [0.15, 0.2) is 48.5 Å². The molecule has 0 saturated carbocycles. The Bertz CT molecular complexity index is 1010.